The van der Waals surface area contributed by atoms with Gasteiger partial charge in [0.15, 0.2) is 0 Å². The lowest BCUT2D eigenvalue weighted by Gasteiger charge is -2.39. The molecule has 0 aliphatic heterocycles. The number of hydrogen-bond donors (Lipinski definition) is 7. The molecule has 2 aromatic rings. The van der Waals surface area contributed by atoms with Crippen LogP contribution in [-0.2, 0) is 4.79 Å². The van der Waals surface area contributed by atoms with E-state index in [4.69, 9.17) is 35.7 Å². The molecule has 30 heavy (non-hydrogen) atoms. The number of benzene rings is 2. The Labute approximate surface area is 172 Å². The molecule has 0 spiro atoms. The van der Waals surface area contributed by atoms with E-state index in [1.807, 2.05) is 30.3 Å². The zero-order valence-electron chi connectivity index (χ0n) is 16.1. The maximum atomic E-state index is 14.0. The van der Waals surface area contributed by atoms with Crippen molar-refractivity contribution in [2.75, 3.05) is 0 Å². The second-order valence-electron chi connectivity index (χ2n) is 7.11. The maximum Gasteiger partial charge on any atom is 0.310 e. The fraction of sp³-hybridized carbons (Fsp3) is 0.381. The lowest BCUT2D eigenvalue weighted by Crippen LogP contribution is -2.63. The van der Waals surface area contributed by atoms with Crippen LogP contribution in [-0.4, -0.2) is 78.3 Å². The van der Waals surface area contributed by atoms with Crippen molar-refractivity contribution < 1.29 is 44.9 Å². The highest BCUT2D eigenvalue weighted by atomic mass is 19.1. The molecule has 8 nitrogen and oxygen atoms in total. The summed E-state index contributed by atoms with van der Waals surface area (Å²) in [4.78, 5) is 10.8. The van der Waals surface area contributed by atoms with E-state index in [0.29, 0.717) is 11.1 Å². The summed E-state index contributed by atoms with van der Waals surface area (Å²) in [7, 11) is 0. The Balaban J connectivity index is 0.000000232. The molecule has 0 radical (unpaired) electrons. The van der Waals surface area contributed by atoms with Crippen LogP contribution >= 0.6 is 0 Å². The van der Waals surface area contributed by atoms with E-state index >= 15 is 0 Å². The van der Waals surface area contributed by atoms with E-state index in [1.54, 1.807) is 19.1 Å². The number of aliphatic carboxylic acids is 1. The number of carboxylic acid groups (broad SMARTS) is 1. The highest BCUT2D eigenvalue weighted by Crippen LogP contribution is 2.26. The van der Waals surface area contributed by atoms with Gasteiger partial charge in [0.05, 0.1) is 5.92 Å². The van der Waals surface area contributed by atoms with Crippen molar-refractivity contribution in [1.29, 1.82) is 0 Å². The minimum Gasteiger partial charge on any atom is -0.481 e. The molecule has 1 saturated carbocycles. The maximum absolute atomic E-state index is 14.0. The van der Waals surface area contributed by atoms with Crippen molar-refractivity contribution in [3.05, 3.63) is 59.9 Å². The van der Waals surface area contributed by atoms with Crippen molar-refractivity contribution in [3.63, 3.8) is 0 Å². The summed E-state index contributed by atoms with van der Waals surface area (Å²) >= 11 is 0. The van der Waals surface area contributed by atoms with E-state index in [-0.39, 0.29) is 0 Å². The standard InChI is InChI=1S/C15H13FO2.C6H12O6/c1-10(15(17)18)12-7-8-13(14(16)9-12)11-5-3-2-4-6-11;7-1-2(8)4(10)6(12)5(11)3(1)9/h2-10H,1H3,(H,17,18);1-12H/t10-;/m1./s1. The third-order valence-corrected chi connectivity index (χ3v) is 5.05. The lowest BCUT2D eigenvalue weighted by molar-refractivity contribution is -0.223. The van der Waals surface area contributed by atoms with Crippen molar-refractivity contribution >= 4 is 5.97 Å². The van der Waals surface area contributed by atoms with Crippen LogP contribution in [0.1, 0.15) is 18.4 Å². The molecule has 0 unspecified atom stereocenters. The summed E-state index contributed by atoms with van der Waals surface area (Å²) in [5, 5.41) is 62.7. The Morgan fingerprint density at radius 1 is 0.800 bits per heavy atom. The van der Waals surface area contributed by atoms with Gasteiger partial charge in [0.25, 0.3) is 0 Å². The van der Waals surface area contributed by atoms with Crippen LogP contribution < -0.4 is 0 Å². The van der Waals surface area contributed by atoms with Gasteiger partial charge in [-0.25, -0.2) is 4.39 Å². The summed E-state index contributed by atoms with van der Waals surface area (Å²) < 4.78 is 14.0. The second kappa shape index (κ2) is 10.1. The third-order valence-electron chi connectivity index (χ3n) is 5.05. The first-order valence-corrected chi connectivity index (χ1v) is 9.22. The minimum atomic E-state index is -1.64. The quantitative estimate of drug-likeness (QED) is 0.358. The summed E-state index contributed by atoms with van der Waals surface area (Å²) in [6.45, 7) is 1.54. The summed E-state index contributed by atoms with van der Waals surface area (Å²) in [6.07, 6.45) is -9.84. The van der Waals surface area contributed by atoms with Gasteiger partial charge >= 0.3 is 5.97 Å². The molecule has 2 aromatic carbocycles. The van der Waals surface area contributed by atoms with E-state index in [2.05, 4.69) is 0 Å². The summed E-state index contributed by atoms with van der Waals surface area (Å²) in [5.41, 5.74) is 1.74. The van der Waals surface area contributed by atoms with Crippen LogP contribution in [0.2, 0.25) is 0 Å². The zero-order chi connectivity index (χ0) is 22.6. The van der Waals surface area contributed by atoms with E-state index in [1.165, 1.54) is 6.07 Å². The molecule has 7 N–H and O–H groups in total. The third kappa shape index (κ3) is 5.20. The smallest absolute Gasteiger partial charge is 0.310 e. The molecular formula is C21H25FO8. The van der Waals surface area contributed by atoms with Crippen molar-refractivity contribution in [2.24, 2.45) is 0 Å². The van der Waals surface area contributed by atoms with Crippen LogP contribution in [0.5, 0.6) is 0 Å². The monoisotopic (exact) mass is 424 g/mol. The fourth-order valence-corrected chi connectivity index (χ4v) is 3.01. The van der Waals surface area contributed by atoms with Crippen LogP contribution in [0.15, 0.2) is 48.5 Å². The first-order chi connectivity index (χ1) is 14.1. The average molecular weight is 424 g/mol. The topological polar surface area (TPSA) is 159 Å². The average Bonchev–Trinajstić information content (AvgIpc) is 2.75. The molecule has 0 heterocycles. The molecule has 1 atom stereocenters. The van der Waals surface area contributed by atoms with E-state index in [0.717, 1.165) is 5.56 Å². The first-order valence-electron chi connectivity index (χ1n) is 9.22. The molecule has 0 saturated heterocycles. The van der Waals surface area contributed by atoms with Gasteiger partial charge in [-0.05, 0) is 24.1 Å². The minimum absolute atomic E-state index is 0.396. The van der Waals surface area contributed by atoms with Crippen molar-refractivity contribution in [1.82, 2.24) is 0 Å². The van der Waals surface area contributed by atoms with Gasteiger partial charge in [-0.3, -0.25) is 4.79 Å². The molecule has 1 fully saturated rings. The first kappa shape index (κ1) is 23.9. The van der Waals surface area contributed by atoms with Crippen LogP contribution in [0.4, 0.5) is 4.39 Å². The molecule has 1 aliphatic rings. The number of halogens is 1. The molecular weight excluding hydrogens is 399 g/mol. The molecule has 0 amide bonds. The highest BCUT2D eigenvalue weighted by molar-refractivity contribution is 5.76. The zero-order valence-corrected chi connectivity index (χ0v) is 16.1. The number of rotatable bonds is 3. The van der Waals surface area contributed by atoms with Gasteiger partial charge in [0, 0.05) is 5.56 Å². The van der Waals surface area contributed by atoms with E-state index < -0.39 is 54.3 Å². The van der Waals surface area contributed by atoms with Crippen LogP contribution in [0, 0.1) is 5.82 Å². The SMILES string of the molecule is C[C@@H](C(=O)O)c1ccc(-c2ccccc2)c(F)c1.OC1C(O)C(O)C(O)C(O)C1O. The van der Waals surface area contributed by atoms with Crippen LogP contribution in [0.25, 0.3) is 11.1 Å². The largest absolute Gasteiger partial charge is 0.481 e. The van der Waals surface area contributed by atoms with Gasteiger partial charge in [-0.15, -0.1) is 0 Å². The van der Waals surface area contributed by atoms with Crippen LogP contribution in [0.3, 0.4) is 0 Å². The molecule has 1 aliphatic carbocycles. The highest BCUT2D eigenvalue weighted by Gasteiger charge is 2.47. The van der Waals surface area contributed by atoms with E-state index in [9.17, 15) is 9.18 Å². The molecule has 9 heteroatoms. The Hall–Kier alpha value is -2.40. The van der Waals surface area contributed by atoms with Gasteiger partial charge in [-0.1, -0.05) is 42.5 Å². The Morgan fingerprint density at radius 3 is 1.60 bits per heavy atom. The fourth-order valence-electron chi connectivity index (χ4n) is 3.01. The molecule has 3 rings (SSSR count). The predicted molar refractivity (Wildman–Crippen MR) is 104 cm³/mol. The second-order valence-corrected chi connectivity index (χ2v) is 7.11. The Bertz CT molecular complexity index is 788. The number of carboxylic acids is 1. The van der Waals surface area contributed by atoms with Gasteiger partial charge < -0.3 is 35.7 Å². The number of carbonyl (C=O) groups is 1. The lowest BCUT2D eigenvalue weighted by atomic mass is 9.85. The molecule has 0 bridgehead atoms. The summed E-state index contributed by atoms with van der Waals surface area (Å²) in [6, 6.07) is 13.7. The van der Waals surface area contributed by atoms with Gasteiger partial charge in [0.2, 0.25) is 0 Å². The van der Waals surface area contributed by atoms with Gasteiger partial charge in [-0.2, -0.15) is 0 Å². The summed E-state index contributed by atoms with van der Waals surface area (Å²) in [5.74, 6) is -2.06. The Morgan fingerprint density at radius 2 is 1.23 bits per heavy atom. The predicted octanol–water partition coefficient (Wildman–Crippen LogP) is -0.154. The van der Waals surface area contributed by atoms with Crippen molar-refractivity contribution in [2.45, 2.75) is 49.5 Å². The Kier molecular flexibility index (Phi) is 8.02. The molecule has 164 valence electrons. The van der Waals surface area contributed by atoms with Gasteiger partial charge in [0.1, 0.15) is 42.4 Å². The molecule has 0 aromatic heterocycles. The van der Waals surface area contributed by atoms with Crippen molar-refractivity contribution in [3.8, 4) is 11.1 Å². The number of hydrogen-bond acceptors (Lipinski definition) is 7. The normalized spacial score (nSPS) is 29.5. The number of aliphatic hydroxyl groups excluding tert-OH is 6. The number of aliphatic hydroxyl groups is 6.